The first-order valence-corrected chi connectivity index (χ1v) is 16.7. The Morgan fingerprint density at radius 2 is 1.85 bits per heavy atom. The first kappa shape index (κ1) is 29.3. The highest BCUT2D eigenvalue weighted by Crippen LogP contribution is 2.47. The summed E-state index contributed by atoms with van der Waals surface area (Å²) in [4.78, 5) is 21.6. The Morgan fingerprint density at radius 1 is 1.02 bits per heavy atom. The summed E-state index contributed by atoms with van der Waals surface area (Å²) in [6, 6.07) is 17.8. The average Bonchev–Trinajstić information content (AvgIpc) is 3.46. The lowest BCUT2D eigenvalue weighted by Crippen LogP contribution is -2.46. The Balaban J connectivity index is 1.05. The van der Waals surface area contributed by atoms with Gasteiger partial charge in [-0.1, -0.05) is 13.0 Å². The van der Waals surface area contributed by atoms with Crippen LogP contribution in [0.25, 0.3) is 21.0 Å². The first-order valence-electron chi connectivity index (χ1n) is 14.1. The molecular weight excluding hydrogens is 561 g/mol. The van der Waals surface area contributed by atoms with Gasteiger partial charge < -0.3 is 18.9 Å². The molecule has 11 heteroatoms. The fraction of sp³-hybridized carbons (Fsp3) is 0.400. The van der Waals surface area contributed by atoms with Crippen molar-refractivity contribution < 1.29 is 27.9 Å². The third-order valence-electron chi connectivity index (χ3n) is 7.08. The number of fused-ring (bicyclic) bond motifs is 2. The van der Waals surface area contributed by atoms with E-state index in [0.29, 0.717) is 17.9 Å². The van der Waals surface area contributed by atoms with Gasteiger partial charge in [-0.05, 0) is 68.1 Å². The zero-order valence-electron chi connectivity index (χ0n) is 23.5. The van der Waals surface area contributed by atoms with E-state index < -0.39 is 13.8 Å². The van der Waals surface area contributed by atoms with Crippen molar-refractivity contribution in [1.82, 2.24) is 9.88 Å². The van der Waals surface area contributed by atoms with Gasteiger partial charge in [0.1, 0.15) is 5.75 Å². The van der Waals surface area contributed by atoms with Gasteiger partial charge in [-0.25, -0.2) is 14.3 Å². The maximum atomic E-state index is 12.4. The van der Waals surface area contributed by atoms with Gasteiger partial charge in [-0.3, -0.25) is 9.42 Å². The molecule has 0 bridgehead atoms. The van der Waals surface area contributed by atoms with Gasteiger partial charge in [-0.15, -0.1) is 11.3 Å². The van der Waals surface area contributed by atoms with E-state index in [0.717, 1.165) is 51.0 Å². The number of hydrogen-bond acceptors (Lipinski definition) is 10. The third kappa shape index (κ3) is 7.57. The van der Waals surface area contributed by atoms with Gasteiger partial charge in [0.05, 0.1) is 24.9 Å². The van der Waals surface area contributed by atoms with Crippen LogP contribution < -0.4 is 14.4 Å². The van der Waals surface area contributed by atoms with Gasteiger partial charge in [0.2, 0.25) is 5.88 Å². The molecule has 9 nitrogen and oxygen atoms in total. The number of rotatable bonds is 12. The summed E-state index contributed by atoms with van der Waals surface area (Å²) >= 11 is 1.80. The van der Waals surface area contributed by atoms with Gasteiger partial charge in [0, 0.05) is 59.5 Å². The molecular formula is C30H36N3O6PS. The molecule has 41 heavy (non-hydrogen) atoms. The normalized spacial score (nSPS) is 15.6. The molecule has 2 aromatic heterocycles. The second-order valence-corrected chi connectivity index (χ2v) is 13.0. The zero-order valence-corrected chi connectivity index (χ0v) is 25.2. The van der Waals surface area contributed by atoms with E-state index in [1.165, 1.54) is 15.8 Å². The number of carbonyl (C=O) groups is 1. The van der Waals surface area contributed by atoms with Crippen LogP contribution in [0, 0.1) is 0 Å². The van der Waals surface area contributed by atoms with E-state index in [4.69, 9.17) is 18.5 Å². The Kier molecular flexibility index (Phi) is 9.77. The molecule has 0 aliphatic carbocycles. The largest absolute Gasteiger partial charge is 0.521 e. The van der Waals surface area contributed by atoms with Crippen molar-refractivity contribution in [2.45, 2.75) is 26.7 Å². The highest BCUT2D eigenvalue weighted by Gasteiger charge is 2.27. The van der Waals surface area contributed by atoms with Gasteiger partial charge in [0.25, 0.3) is 0 Å². The van der Waals surface area contributed by atoms with Gasteiger partial charge in [0.15, 0.2) is 0 Å². The second-order valence-electron chi connectivity index (χ2n) is 9.79. The van der Waals surface area contributed by atoms with E-state index >= 15 is 0 Å². The molecule has 4 aromatic rings. The lowest BCUT2D eigenvalue weighted by molar-refractivity contribution is 0.138. The fourth-order valence-corrected chi connectivity index (χ4v) is 6.74. The number of unbranched alkanes of at least 4 members (excludes halogenated alkanes) is 1. The number of hydrogen-bond donors (Lipinski definition) is 0. The summed E-state index contributed by atoms with van der Waals surface area (Å²) in [6.07, 6.45) is 0.969. The summed E-state index contributed by atoms with van der Waals surface area (Å²) in [5.74, 6) is 0.749. The van der Waals surface area contributed by atoms with Crippen LogP contribution in [0.15, 0.2) is 60.0 Å². The van der Waals surface area contributed by atoms with E-state index in [1.54, 1.807) is 37.3 Å². The van der Waals surface area contributed by atoms with Crippen LogP contribution in [0.5, 0.6) is 11.6 Å². The van der Waals surface area contributed by atoms with Crippen molar-refractivity contribution in [1.29, 1.82) is 0 Å². The van der Waals surface area contributed by atoms with Crippen LogP contribution in [-0.4, -0.2) is 68.1 Å². The van der Waals surface area contributed by atoms with Gasteiger partial charge >= 0.3 is 13.8 Å². The quantitative estimate of drug-likeness (QED) is 0.0956. The molecule has 5 rings (SSSR count). The summed E-state index contributed by atoms with van der Waals surface area (Å²) in [5, 5.41) is 4.41. The Labute approximate surface area is 244 Å². The molecule has 2 aromatic carbocycles. The SMILES string of the molecule is CCOP(=O)(CC)OC(=O)Oc1ccc2ccc(OCCCCN3CCN(c4cccc5sccc45)CC3)cc2n1. The van der Waals surface area contributed by atoms with Crippen LogP contribution >= 0.6 is 18.9 Å². The number of thiophene rings is 1. The fourth-order valence-electron chi connectivity index (χ4n) is 4.92. The Hall–Kier alpha value is -3.17. The van der Waals surface area contributed by atoms with Crippen molar-refractivity contribution >= 4 is 51.8 Å². The molecule has 0 radical (unpaired) electrons. The molecule has 0 saturated carbocycles. The molecule has 0 amide bonds. The molecule has 1 fully saturated rings. The molecule has 3 heterocycles. The first-order chi connectivity index (χ1) is 20.0. The molecule has 1 unspecified atom stereocenters. The number of anilines is 1. The Morgan fingerprint density at radius 3 is 2.66 bits per heavy atom. The molecule has 1 aliphatic heterocycles. The number of piperazine rings is 1. The van der Waals surface area contributed by atoms with Crippen molar-refractivity contribution in [3.63, 3.8) is 0 Å². The molecule has 0 spiro atoms. The van der Waals surface area contributed by atoms with Crippen molar-refractivity contribution in [2.24, 2.45) is 0 Å². The second kappa shape index (κ2) is 13.7. The van der Waals surface area contributed by atoms with Crippen LogP contribution in [-0.2, 0) is 13.6 Å². The molecule has 1 saturated heterocycles. The monoisotopic (exact) mass is 597 g/mol. The predicted molar refractivity (Wildman–Crippen MR) is 164 cm³/mol. The standard InChI is InChI=1S/C30H36N3O6PS/c1-3-37-40(35,4-2)39-30(34)38-29-13-11-23-10-12-24(22-26(23)31-29)36-20-6-5-15-32-16-18-33(19-17-32)27-8-7-9-28-25(27)14-21-41-28/h7-14,21-22H,3-6,15-20H2,1-2H3. The number of carbonyl (C=O) groups excluding carboxylic acids is 1. The average molecular weight is 598 g/mol. The van der Waals surface area contributed by atoms with Crippen molar-refractivity contribution in [3.8, 4) is 11.6 Å². The lowest BCUT2D eigenvalue weighted by Gasteiger charge is -2.36. The highest BCUT2D eigenvalue weighted by atomic mass is 32.1. The van der Waals surface area contributed by atoms with Crippen LogP contribution in [0.2, 0.25) is 0 Å². The lowest BCUT2D eigenvalue weighted by atomic mass is 10.2. The summed E-state index contributed by atoms with van der Waals surface area (Å²) in [7, 11) is -3.53. The van der Waals surface area contributed by atoms with Crippen LogP contribution in [0.4, 0.5) is 10.5 Å². The summed E-state index contributed by atoms with van der Waals surface area (Å²) < 4.78 is 34.9. The number of pyridine rings is 1. The van der Waals surface area contributed by atoms with Crippen molar-refractivity contribution in [2.75, 3.05) is 57.0 Å². The zero-order chi connectivity index (χ0) is 28.7. The molecule has 218 valence electrons. The number of aromatic nitrogens is 1. The topological polar surface area (TPSA) is 90.4 Å². The Bertz CT molecular complexity index is 1520. The maximum absolute atomic E-state index is 12.4. The summed E-state index contributed by atoms with van der Waals surface area (Å²) in [5.41, 5.74) is 1.97. The molecule has 0 N–H and O–H groups in total. The number of ether oxygens (including phenoxy) is 2. The molecule has 1 aliphatic rings. The maximum Gasteiger partial charge on any atom is 0.521 e. The minimum atomic E-state index is -3.53. The van der Waals surface area contributed by atoms with Gasteiger partial charge in [-0.2, -0.15) is 0 Å². The number of benzene rings is 2. The van der Waals surface area contributed by atoms with Crippen molar-refractivity contribution in [3.05, 3.63) is 60.0 Å². The number of nitrogens with zero attached hydrogens (tertiary/aromatic N) is 3. The minimum Gasteiger partial charge on any atom is -0.494 e. The molecule has 1 atom stereocenters. The smallest absolute Gasteiger partial charge is 0.494 e. The van der Waals surface area contributed by atoms with E-state index in [-0.39, 0.29) is 18.6 Å². The minimum absolute atomic E-state index is 0.0471. The van der Waals surface area contributed by atoms with Crippen LogP contribution in [0.3, 0.4) is 0 Å². The highest BCUT2D eigenvalue weighted by molar-refractivity contribution is 7.54. The van der Waals surface area contributed by atoms with E-state index in [1.807, 2.05) is 18.2 Å². The van der Waals surface area contributed by atoms with E-state index in [2.05, 4.69) is 44.4 Å². The third-order valence-corrected chi connectivity index (χ3v) is 9.81. The van der Waals surface area contributed by atoms with Crippen LogP contribution in [0.1, 0.15) is 26.7 Å². The summed E-state index contributed by atoms with van der Waals surface area (Å²) in [6.45, 7) is 9.36. The predicted octanol–water partition coefficient (Wildman–Crippen LogP) is 7.20. The van der Waals surface area contributed by atoms with E-state index in [9.17, 15) is 9.36 Å².